The molecule has 3 rings (SSSR count). The number of fused-ring (bicyclic) bond motifs is 1. The quantitative estimate of drug-likeness (QED) is 0.260. The lowest BCUT2D eigenvalue weighted by molar-refractivity contribution is -0.147. The van der Waals surface area contributed by atoms with Crippen molar-refractivity contribution in [2.45, 2.75) is 82.5 Å². The van der Waals surface area contributed by atoms with Crippen molar-refractivity contribution in [2.75, 3.05) is 13.2 Å². The van der Waals surface area contributed by atoms with E-state index in [-0.39, 0.29) is 26.0 Å². The predicted molar refractivity (Wildman–Crippen MR) is 138 cm³/mol. The van der Waals surface area contributed by atoms with Gasteiger partial charge >= 0.3 is 11.9 Å². The number of hydrogen-bond donors (Lipinski definition) is 4. The zero-order valence-electron chi connectivity index (χ0n) is 22.2. The van der Waals surface area contributed by atoms with Gasteiger partial charge in [-0.25, -0.2) is 4.79 Å². The Morgan fingerprint density at radius 1 is 1.05 bits per heavy atom. The summed E-state index contributed by atoms with van der Waals surface area (Å²) in [6.45, 7) is 3.51. The second kappa shape index (κ2) is 13.2. The number of amides is 4. The summed E-state index contributed by atoms with van der Waals surface area (Å²) in [5.41, 5.74) is -1.02. The maximum atomic E-state index is 13.3. The molecule has 2 fully saturated rings. The van der Waals surface area contributed by atoms with E-state index in [1.807, 2.05) is 0 Å². The molecule has 0 unspecified atom stereocenters. The fraction of sp³-hybridized carbons (Fsp3) is 0.556. The van der Waals surface area contributed by atoms with Gasteiger partial charge in [0.1, 0.15) is 23.7 Å². The molecule has 2 saturated heterocycles. The summed E-state index contributed by atoms with van der Waals surface area (Å²) in [5.74, 6) is -4.16. The Morgan fingerprint density at radius 3 is 2.44 bits per heavy atom. The first-order valence-electron chi connectivity index (χ1n) is 13.2. The number of nitrogens with zero attached hydrogens (tertiary/aromatic N) is 1. The van der Waals surface area contributed by atoms with E-state index < -0.39 is 65.7 Å². The second-order valence-corrected chi connectivity index (χ2v) is 10.0. The number of carboxylic acids is 1. The number of unbranched alkanes of at least 4 members (excludes halogenated alkanes) is 1. The summed E-state index contributed by atoms with van der Waals surface area (Å²) in [6.07, 6.45) is 1.46. The van der Waals surface area contributed by atoms with Gasteiger partial charge in [-0.2, -0.15) is 0 Å². The van der Waals surface area contributed by atoms with Crippen LogP contribution in [-0.2, 0) is 28.7 Å². The van der Waals surface area contributed by atoms with Gasteiger partial charge in [0.2, 0.25) is 23.6 Å². The van der Waals surface area contributed by atoms with Crippen LogP contribution in [0.5, 0.6) is 0 Å². The molecule has 2 heterocycles. The Kier molecular flexibility index (Phi) is 10.0. The van der Waals surface area contributed by atoms with Crippen LogP contribution in [0.15, 0.2) is 30.3 Å². The van der Waals surface area contributed by atoms with Crippen molar-refractivity contribution < 1.29 is 38.6 Å². The van der Waals surface area contributed by atoms with Gasteiger partial charge in [-0.15, -0.1) is 0 Å². The van der Waals surface area contributed by atoms with Gasteiger partial charge in [0.15, 0.2) is 0 Å². The third-order valence-electron chi connectivity index (χ3n) is 7.19. The number of carbonyl (C=O) groups is 6. The Hall–Kier alpha value is -3.96. The maximum Gasteiger partial charge on any atom is 0.338 e. The minimum atomic E-state index is -1.45. The molecular weight excluding hydrogens is 508 g/mol. The van der Waals surface area contributed by atoms with Crippen molar-refractivity contribution in [3.63, 3.8) is 0 Å². The highest BCUT2D eigenvalue weighted by molar-refractivity contribution is 6.00. The maximum absolute atomic E-state index is 13.3. The average molecular weight is 545 g/mol. The topological polar surface area (TPSA) is 171 Å². The molecule has 0 radical (unpaired) electrons. The number of ether oxygens (including phenoxy) is 1. The Labute approximate surface area is 226 Å². The molecule has 0 bridgehead atoms. The Morgan fingerprint density at radius 2 is 1.77 bits per heavy atom. The number of hydrogen-bond acceptors (Lipinski definition) is 7. The van der Waals surface area contributed by atoms with Crippen LogP contribution in [0, 0.1) is 0 Å². The highest BCUT2D eigenvalue weighted by atomic mass is 16.5. The molecule has 12 nitrogen and oxygen atoms in total. The average Bonchev–Trinajstić information content (AvgIpc) is 3.41. The number of carboxylic acid groups (broad SMARTS) is 1. The number of esters is 1. The highest BCUT2D eigenvalue weighted by Gasteiger charge is 2.43. The molecule has 39 heavy (non-hydrogen) atoms. The summed E-state index contributed by atoms with van der Waals surface area (Å²) in [4.78, 5) is 77.8. The van der Waals surface area contributed by atoms with E-state index in [9.17, 15) is 33.9 Å². The van der Waals surface area contributed by atoms with E-state index in [4.69, 9.17) is 4.74 Å². The minimum Gasteiger partial charge on any atom is -0.481 e. The monoisotopic (exact) mass is 544 g/mol. The van der Waals surface area contributed by atoms with Gasteiger partial charge < -0.3 is 30.7 Å². The smallest absolute Gasteiger partial charge is 0.338 e. The Balaban J connectivity index is 1.73. The van der Waals surface area contributed by atoms with Crippen LogP contribution in [0.3, 0.4) is 0 Å². The molecule has 4 N–H and O–H groups in total. The fourth-order valence-corrected chi connectivity index (χ4v) is 4.67. The lowest BCUT2D eigenvalue weighted by atomic mass is 9.95. The molecule has 2 aliphatic rings. The van der Waals surface area contributed by atoms with E-state index in [0.29, 0.717) is 31.2 Å². The first-order chi connectivity index (χ1) is 18.6. The lowest BCUT2D eigenvalue weighted by Crippen LogP contribution is -2.65. The highest BCUT2D eigenvalue weighted by Crippen LogP contribution is 2.21. The van der Waals surface area contributed by atoms with Gasteiger partial charge in [0, 0.05) is 6.54 Å². The summed E-state index contributed by atoms with van der Waals surface area (Å²) in [5, 5.41) is 17.2. The van der Waals surface area contributed by atoms with Gasteiger partial charge in [-0.3, -0.25) is 24.0 Å². The molecule has 12 heteroatoms. The zero-order valence-corrected chi connectivity index (χ0v) is 22.2. The summed E-state index contributed by atoms with van der Waals surface area (Å²) in [6, 6.07) is 5.30. The van der Waals surface area contributed by atoms with Crippen molar-refractivity contribution in [2.24, 2.45) is 0 Å². The molecule has 4 atom stereocenters. The fourth-order valence-electron chi connectivity index (χ4n) is 4.67. The van der Waals surface area contributed by atoms with Crippen LogP contribution in [0.1, 0.15) is 69.2 Å². The van der Waals surface area contributed by atoms with Crippen molar-refractivity contribution in [1.29, 1.82) is 0 Å². The van der Waals surface area contributed by atoms with Gasteiger partial charge in [-0.05, 0) is 57.6 Å². The first kappa shape index (κ1) is 29.6. The van der Waals surface area contributed by atoms with E-state index in [1.54, 1.807) is 37.3 Å². The van der Waals surface area contributed by atoms with Crippen LogP contribution < -0.4 is 16.0 Å². The number of aliphatic carboxylic acids is 1. The van der Waals surface area contributed by atoms with Crippen LogP contribution in [0.25, 0.3) is 0 Å². The number of rotatable bonds is 9. The van der Waals surface area contributed by atoms with Gasteiger partial charge in [0.25, 0.3) is 0 Å². The SMILES string of the molecule is CC[C@]1(C)NC(=O)[C@H](CCCCOC(=O)c2ccccc2)NC(=O)[C@H]2CCCN2C(=O)[C@H](CC(=O)O)NC1=O. The summed E-state index contributed by atoms with van der Waals surface area (Å²) in [7, 11) is 0. The van der Waals surface area contributed by atoms with Gasteiger partial charge in [0.05, 0.1) is 18.6 Å². The molecule has 1 aromatic carbocycles. The third-order valence-corrected chi connectivity index (χ3v) is 7.19. The molecule has 1 aromatic rings. The molecule has 0 saturated carbocycles. The zero-order chi connectivity index (χ0) is 28.6. The van der Waals surface area contributed by atoms with Crippen molar-refractivity contribution in [3.8, 4) is 0 Å². The van der Waals surface area contributed by atoms with E-state index in [0.717, 1.165) is 0 Å². The number of benzene rings is 1. The molecule has 212 valence electrons. The van der Waals surface area contributed by atoms with E-state index in [1.165, 1.54) is 11.8 Å². The van der Waals surface area contributed by atoms with Crippen LogP contribution in [-0.4, -0.2) is 82.4 Å². The van der Waals surface area contributed by atoms with Gasteiger partial charge in [-0.1, -0.05) is 25.1 Å². The third kappa shape index (κ3) is 7.55. The lowest BCUT2D eigenvalue weighted by Gasteiger charge is -2.35. The largest absolute Gasteiger partial charge is 0.481 e. The number of carbonyl (C=O) groups excluding carboxylic acids is 5. The van der Waals surface area contributed by atoms with Crippen molar-refractivity contribution >= 4 is 35.6 Å². The second-order valence-electron chi connectivity index (χ2n) is 10.0. The standard InChI is InChI=1S/C27H36N4O8/c1-3-27(2)26(38)29-19(16-21(32)33)24(36)31-14-9-13-20(31)23(35)28-18(22(34)30-27)12-7-8-15-39-25(37)17-10-5-4-6-11-17/h4-6,10-11,18-20H,3,7-9,12-16H2,1-2H3,(H,28,35)(H,29,38)(H,30,34)(H,32,33)/t18-,19-,20+,27-/m0/s1. The molecule has 0 aromatic heterocycles. The van der Waals surface area contributed by atoms with E-state index >= 15 is 0 Å². The molecule has 4 amide bonds. The Bertz CT molecular complexity index is 1090. The van der Waals surface area contributed by atoms with Crippen LogP contribution in [0.4, 0.5) is 0 Å². The van der Waals surface area contributed by atoms with Crippen LogP contribution >= 0.6 is 0 Å². The molecule has 2 aliphatic heterocycles. The summed E-state index contributed by atoms with van der Waals surface area (Å²) >= 11 is 0. The van der Waals surface area contributed by atoms with Crippen molar-refractivity contribution in [3.05, 3.63) is 35.9 Å². The van der Waals surface area contributed by atoms with Crippen molar-refractivity contribution in [1.82, 2.24) is 20.9 Å². The van der Waals surface area contributed by atoms with E-state index in [2.05, 4.69) is 16.0 Å². The molecular formula is C27H36N4O8. The predicted octanol–water partition coefficient (Wildman–Crippen LogP) is 0.748. The molecule has 0 spiro atoms. The first-order valence-corrected chi connectivity index (χ1v) is 13.2. The minimum absolute atomic E-state index is 0.126. The normalized spacial score (nSPS) is 25.9. The molecule has 0 aliphatic carbocycles. The summed E-state index contributed by atoms with van der Waals surface area (Å²) < 4.78 is 5.28. The number of nitrogens with one attached hydrogen (secondary N) is 3. The van der Waals surface area contributed by atoms with Crippen LogP contribution in [0.2, 0.25) is 0 Å².